The van der Waals surface area contributed by atoms with E-state index in [-0.39, 0.29) is 22.8 Å². The van der Waals surface area contributed by atoms with E-state index in [2.05, 4.69) is 15.5 Å². The first-order chi connectivity index (χ1) is 12.4. The summed E-state index contributed by atoms with van der Waals surface area (Å²) in [5.74, 6) is 0.126. The minimum Gasteiger partial charge on any atom is -0.507 e. The predicted octanol–water partition coefficient (Wildman–Crippen LogP) is 4.18. The Morgan fingerprint density at radius 3 is 2.65 bits per heavy atom. The van der Waals surface area contributed by atoms with Crippen molar-refractivity contribution in [1.82, 2.24) is 10.2 Å². The number of nitrogens with one attached hydrogen (secondary N) is 1. The number of carbonyl (C=O) groups is 1. The lowest BCUT2D eigenvalue weighted by Crippen LogP contribution is -2.22. The SMILES string of the molecule is Cc1ccc(NC(=O)[C@H](C)Sc2nnc(-c3ccccc3O)o2)cc1C. The van der Waals surface area contributed by atoms with Crippen LogP contribution in [0.1, 0.15) is 18.1 Å². The van der Waals surface area contributed by atoms with Crippen LogP contribution in [0.2, 0.25) is 0 Å². The second kappa shape index (κ2) is 7.61. The van der Waals surface area contributed by atoms with Crippen molar-refractivity contribution in [3.05, 3.63) is 53.6 Å². The van der Waals surface area contributed by atoms with Gasteiger partial charge in [-0.15, -0.1) is 10.2 Å². The molecule has 6 nitrogen and oxygen atoms in total. The Bertz CT molecular complexity index is 939. The number of hydrogen-bond donors (Lipinski definition) is 2. The fraction of sp³-hybridized carbons (Fsp3) is 0.211. The van der Waals surface area contributed by atoms with Crippen LogP contribution in [0.25, 0.3) is 11.5 Å². The lowest BCUT2D eigenvalue weighted by Gasteiger charge is -2.11. The summed E-state index contributed by atoms with van der Waals surface area (Å²) in [6.45, 7) is 5.80. The van der Waals surface area contributed by atoms with Crippen LogP contribution in [0.15, 0.2) is 52.1 Å². The van der Waals surface area contributed by atoms with Gasteiger partial charge in [0.1, 0.15) is 5.75 Å². The summed E-state index contributed by atoms with van der Waals surface area (Å²) in [5, 5.41) is 20.5. The number of phenolic OH excluding ortho intramolecular Hbond substituents is 1. The highest BCUT2D eigenvalue weighted by molar-refractivity contribution is 8.00. The monoisotopic (exact) mass is 369 g/mol. The molecule has 134 valence electrons. The third-order valence-corrected chi connectivity index (χ3v) is 4.90. The number of benzene rings is 2. The van der Waals surface area contributed by atoms with Crippen LogP contribution in [-0.2, 0) is 4.79 Å². The van der Waals surface area contributed by atoms with Crippen LogP contribution in [0.3, 0.4) is 0 Å². The number of phenols is 1. The van der Waals surface area contributed by atoms with Crippen molar-refractivity contribution in [3.63, 3.8) is 0 Å². The van der Waals surface area contributed by atoms with Crippen LogP contribution >= 0.6 is 11.8 Å². The standard InChI is InChI=1S/C19H19N3O3S/c1-11-8-9-14(10-12(11)2)20-17(24)13(3)26-19-22-21-18(25-19)15-6-4-5-7-16(15)23/h4-10,13,23H,1-3H3,(H,20,24)/t13-/m0/s1. The van der Waals surface area contributed by atoms with Crippen molar-refractivity contribution >= 4 is 23.4 Å². The minimum absolute atomic E-state index is 0.0632. The topological polar surface area (TPSA) is 88.2 Å². The molecule has 0 saturated carbocycles. The maximum absolute atomic E-state index is 12.4. The Labute approximate surface area is 155 Å². The first-order valence-electron chi connectivity index (χ1n) is 8.10. The van der Waals surface area contributed by atoms with Gasteiger partial charge in [-0.1, -0.05) is 30.0 Å². The van der Waals surface area contributed by atoms with E-state index in [4.69, 9.17) is 4.42 Å². The summed E-state index contributed by atoms with van der Waals surface area (Å²) in [7, 11) is 0. The average Bonchev–Trinajstić information content (AvgIpc) is 3.06. The fourth-order valence-corrected chi connectivity index (χ4v) is 2.97. The van der Waals surface area contributed by atoms with Crippen molar-refractivity contribution < 1.29 is 14.3 Å². The lowest BCUT2D eigenvalue weighted by atomic mass is 10.1. The third kappa shape index (κ3) is 4.05. The summed E-state index contributed by atoms with van der Waals surface area (Å²) in [5.41, 5.74) is 3.50. The van der Waals surface area contributed by atoms with E-state index in [9.17, 15) is 9.90 Å². The van der Waals surface area contributed by atoms with Gasteiger partial charge in [0, 0.05) is 5.69 Å². The van der Waals surface area contributed by atoms with Crippen molar-refractivity contribution in [3.8, 4) is 17.2 Å². The maximum Gasteiger partial charge on any atom is 0.277 e. The molecule has 0 unspecified atom stereocenters. The average molecular weight is 369 g/mol. The van der Waals surface area contributed by atoms with Gasteiger partial charge in [0.2, 0.25) is 5.91 Å². The van der Waals surface area contributed by atoms with E-state index in [0.717, 1.165) is 11.3 Å². The maximum atomic E-state index is 12.4. The normalized spacial score (nSPS) is 12.0. The zero-order valence-electron chi connectivity index (χ0n) is 14.7. The van der Waals surface area contributed by atoms with Gasteiger partial charge in [-0.05, 0) is 56.2 Å². The highest BCUT2D eigenvalue weighted by Crippen LogP contribution is 2.31. The molecule has 0 aliphatic rings. The summed E-state index contributed by atoms with van der Waals surface area (Å²) in [6, 6.07) is 12.5. The lowest BCUT2D eigenvalue weighted by molar-refractivity contribution is -0.115. The Morgan fingerprint density at radius 2 is 1.92 bits per heavy atom. The predicted molar refractivity (Wildman–Crippen MR) is 101 cm³/mol. The molecule has 7 heteroatoms. The number of para-hydroxylation sites is 1. The Morgan fingerprint density at radius 1 is 1.15 bits per heavy atom. The summed E-state index contributed by atoms with van der Waals surface area (Å²) >= 11 is 1.17. The van der Waals surface area contributed by atoms with Gasteiger partial charge in [0.05, 0.1) is 10.8 Å². The molecule has 0 bridgehead atoms. The van der Waals surface area contributed by atoms with Gasteiger partial charge >= 0.3 is 0 Å². The van der Waals surface area contributed by atoms with Gasteiger partial charge in [-0.25, -0.2) is 0 Å². The second-order valence-corrected chi connectivity index (χ2v) is 7.23. The molecule has 0 saturated heterocycles. The van der Waals surface area contributed by atoms with Crippen LogP contribution in [-0.4, -0.2) is 26.5 Å². The molecular formula is C19H19N3O3S. The fourth-order valence-electron chi connectivity index (χ4n) is 2.29. The van der Waals surface area contributed by atoms with Gasteiger partial charge in [0.25, 0.3) is 11.1 Å². The highest BCUT2D eigenvalue weighted by atomic mass is 32.2. The highest BCUT2D eigenvalue weighted by Gasteiger charge is 2.19. The summed E-state index contributed by atoms with van der Waals surface area (Å²) < 4.78 is 5.56. The van der Waals surface area contributed by atoms with E-state index in [1.54, 1.807) is 31.2 Å². The van der Waals surface area contributed by atoms with E-state index in [0.29, 0.717) is 5.56 Å². The number of rotatable bonds is 5. The van der Waals surface area contributed by atoms with E-state index in [1.165, 1.54) is 17.3 Å². The quantitative estimate of drug-likeness (QED) is 0.656. The number of hydrogen-bond acceptors (Lipinski definition) is 6. The molecule has 26 heavy (non-hydrogen) atoms. The smallest absolute Gasteiger partial charge is 0.277 e. The molecule has 3 rings (SSSR count). The Balaban J connectivity index is 1.66. The number of carbonyl (C=O) groups excluding carboxylic acids is 1. The van der Waals surface area contributed by atoms with Crippen molar-refractivity contribution in [2.45, 2.75) is 31.2 Å². The first-order valence-corrected chi connectivity index (χ1v) is 8.98. The molecule has 2 aromatic carbocycles. The molecule has 0 fully saturated rings. The first kappa shape index (κ1) is 18.0. The number of aromatic hydroxyl groups is 1. The van der Waals surface area contributed by atoms with Gasteiger partial charge in [0.15, 0.2) is 0 Å². The van der Waals surface area contributed by atoms with Crippen LogP contribution in [0, 0.1) is 13.8 Å². The number of amides is 1. The second-order valence-electron chi connectivity index (χ2n) is 5.94. The minimum atomic E-state index is -0.422. The van der Waals surface area contributed by atoms with E-state index < -0.39 is 5.25 Å². The zero-order chi connectivity index (χ0) is 18.7. The van der Waals surface area contributed by atoms with E-state index in [1.807, 2.05) is 32.0 Å². The largest absolute Gasteiger partial charge is 0.507 e. The molecular weight excluding hydrogens is 350 g/mol. The van der Waals surface area contributed by atoms with Crippen LogP contribution in [0.5, 0.6) is 5.75 Å². The van der Waals surface area contributed by atoms with Gasteiger partial charge < -0.3 is 14.8 Å². The van der Waals surface area contributed by atoms with Crippen LogP contribution in [0.4, 0.5) is 5.69 Å². The number of thioether (sulfide) groups is 1. The third-order valence-electron chi connectivity index (χ3n) is 3.96. The summed E-state index contributed by atoms with van der Waals surface area (Å²) in [6.07, 6.45) is 0. The summed E-state index contributed by atoms with van der Waals surface area (Å²) in [4.78, 5) is 12.4. The van der Waals surface area contributed by atoms with Gasteiger partial charge in [-0.3, -0.25) is 4.79 Å². The number of aromatic nitrogens is 2. The number of aryl methyl sites for hydroxylation is 2. The Kier molecular flexibility index (Phi) is 5.27. The molecule has 0 aliphatic heterocycles. The number of nitrogens with zero attached hydrogens (tertiary/aromatic N) is 2. The van der Waals surface area contributed by atoms with Crippen molar-refractivity contribution in [2.75, 3.05) is 5.32 Å². The van der Waals surface area contributed by atoms with Crippen molar-refractivity contribution in [2.24, 2.45) is 0 Å². The molecule has 0 aliphatic carbocycles. The van der Waals surface area contributed by atoms with Gasteiger partial charge in [-0.2, -0.15) is 0 Å². The molecule has 1 heterocycles. The Hall–Kier alpha value is -2.80. The molecule has 3 aromatic rings. The number of anilines is 1. The zero-order valence-corrected chi connectivity index (χ0v) is 15.5. The van der Waals surface area contributed by atoms with Crippen LogP contribution < -0.4 is 5.32 Å². The van der Waals surface area contributed by atoms with E-state index >= 15 is 0 Å². The van der Waals surface area contributed by atoms with Crippen molar-refractivity contribution in [1.29, 1.82) is 0 Å². The molecule has 2 N–H and O–H groups in total. The molecule has 1 aromatic heterocycles. The molecule has 1 amide bonds. The molecule has 0 spiro atoms. The molecule has 0 radical (unpaired) electrons. The molecule has 1 atom stereocenters.